The highest BCUT2D eigenvalue weighted by atomic mass is 16.6. The topological polar surface area (TPSA) is 130 Å². The number of aliphatic hydroxyl groups is 2. The zero-order valence-electron chi connectivity index (χ0n) is 23.4. The van der Waals surface area contributed by atoms with Crippen LogP contribution in [0.2, 0.25) is 0 Å². The summed E-state index contributed by atoms with van der Waals surface area (Å²) in [7, 11) is 4.93. The van der Waals surface area contributed by atoms with E-state index in [4.69, 9.17) is 18.9 Å². The maximum Gasteiger partial charge on any atom is 0.200 e. The molecular weight excluding hydrogens is 502 g/mol. The summed E-state index contributed by atoms with van der Waals surface area (Å²) in [6.07, 6.45) is 5.92. The molecule has 0 saturated heterocycles. The number of methoxy groups -OCH3 is 2. The molecule has 9 heteroatoms. The van der Waals surface area contributed by atoms with Crippen molar-refractivity contribution in [2.45, 2.75) is 76.1 Å². The van der Waals surface area contributed by atoms with Gasteiger partial charge < -0.3 is 44.7 Å². The second-order valence-corrected chi connectivity index (χ2v) is 10.4. The predicted molar refractivity (Wildman–Crippen MR) is 149 cm³/mol. The Kier molecular flexibility index (Phi) is 12.5. The summed E-state index contributed by atoms with van der Waals surface area (Å²) in [6, 6.07) is 8.86. The van der Waals surface area contributed by atoms with E-state index >= 15 is 0 Å². The fourth-order valence-corrected chi connectivity index (χ4v) is 5.28. The molecule has 0 spiro atoms. The van der Waals surface area contributed by atoms with E-state index in [0.717, 1.165) is 43.4 Å². The van der Waals surface area contributed by atoms with Gasteiger partial charge >= 0.3 is 0 Å². The summed E-state index contributed by atoms with van der Waals surface area (Å²) in [6.45, 7) is 0.601. The zero-order chi connectivity index (χ0) is 28.2. The molecule has 0 aliphatic heterocycles. The van der Waals surface area contributed by atoms with E-state index in [1.165, 1.54) is 14.2 Å². The van der Waals surface area contributed by atoms with Crippen molar-refractivity contribution in [1.82, 2.24) is 5.32 Å². The van der Waals surface area contributed by atoms with Crippen molar-refractivity contribution >= 4 is 0 Å². The second-order valence-electron chi connectivity index (χ2n) is 10.4. The molecule has 2 aromatic rings. The number of aliphatic hydroxyl groups excluding tert-OH is 2. The fourth-order valence-electron chi connectivity index (χ4n) is 5.28. The van der Waals surface area contributed by atoms with Gasteiger partial charge in [0.1, 0.15) is 6.79 Å². The molecule has 2 aromatic carbocycles. The molecule has 3 rings (SSSR count). The lowest BCUT2D eigenvalue weighted by atomic mass is 9.87. The minimum Gasteiger partial charge on any atom is -0.504 e. The van der Waals surface area contributed by atoms with Gasteiger partial charge in [-0.1, -0.05) is 6.07 Å². The van der Waals surface area contributed by atoms with Gasteiger partial charge in [-0.05, 0) is 113 Å². The Morgan fingerprint density at radius 3 is 2.15 bits per heavy atom. The van der Waals surface area contributed by atoms with Gasteiger partial charge in [0.2, 0.25) is 5.75 Å². The van der Waals surface area contributed by atoms with Gasteiger partial charge in [-0.15, -0.1) is 0 Å². The number of phenols is 2. The molecule has 0 aromatic heterocycles. The molecule has 0 radical (unpaired) electrons. The van der Waals surface area contributed by atoms with Crippen molar-refractivity contribution in [1.29, 1.82) is 0 Å². The van der Waals surface area contributed by atoms with Gasteiger partial charge in [0, 0.05) is 0 Å². The van der Waals surface area contributed by atoms with Gasteiger partial charge in [0.05, 0.1) is 32.5 Å². The summed E-state index contributed by atoms with van der Waals surface area (Å²) >= 11 is 0. The summed E-state index contributed by atoms with van der Waals surface area (Å²) < 4.78 is 22.1. The Labute approximate surface area is 231 Å². The first-order chi connectivity index (χ1) is 18.9. The molecule has 0 heterocycles. The number of ether oxygens (including phenoxy) is 4. The number of hydrogen-bond donors (Lipinski definition) is 5. The second kappa shape index (κ2) is 15.8. The molecule has 2 atom stereocenters. The molecule has 39 heavy (non-hydrogen) atoms. The average molecular weight is 548 g/mol. The van der Waals surface area contributed by atoms with Crippen molar-refractivity contribution in [2.24, 2.45) is 5.92 Å². The summed E-state index contributed by atoms with van der Waals surface area (Å²) in [4.78, 5) is 0. The molecule has 0 amide bonds. The number of benzene rings is 2. The summed E-state index contributed by atoms with van der Waals surface area (Å²) in [5, 5.41) is 43.8. The number of hydrogen-bond acceptors (Lipinski definition) is 9. The van der Waals surface area contributed by atoms with Crippen LogP contribution in [0.3, 0.4) is 0 Å². The summed E-state index contributed by atoms with van der Waals surface area (Å²) in [5.74, 6) is 1.90. The van der Waals surface area contributed by atoms with Gasteiger partial charge in [0.25, 0.3) is 0 Å². The Balaban J connectivity index is 1.52. The van der Waals surface area contributed by atoms with Crippen LogP contribution in [0, 0.1) is 5.92 Å². The van der Waals surface area contributed by atoms with Gasteiger partial charge in [-0.3, -0.25) is 0 Å². The van der Waals surface area contributed by atoms with E-state index in [0.29, 0.717) is 55.3 Å². The summed E-state index contributed by atoms with van der Waals surface area (Å²) in [5.41, 5.74) is 1.86. The first-order valence-corrected chi connectivity index (χ1v) is 13.8. The maximum absolute atomic E-state index is 10.7. The molecule has 1 aliphatic carbocycles. The van der Waals surface area contributed by atoms with Crippen molar-refractivity contribution in [3.63, 3.8) is 0 Å². The van der Waals surface area contributed by atoms with Crippen LogP contribution in [-0.2, 0) is 17.6 Å². The monoisotopic (exact) mass is 547 g/mol. The van der Waals surface area contributed by atoms with Crippen molar-refractivity contribution in [2.75, 3.05) is 34.6 Å². The lowest BCUT2D eigenvalue weighted by Crippen LogP contribution is -2.29. The highest BCUT2D eigenvalue weighted by Crippen LogP contribution is 2.37. The van der Waals surface area contributed by atoms with Gasteiger partial charge in [-0.25, -0.2) is 0 Å². The Bertz CT molecular complexity index is 983. The van der Waals surface area contributed by atoms with Crippen LogP contribution < -0.4 is 19.5 Å². The van der Waals surface area contributed by atoms with E-state index in [2.05, 4.69) is 5.32 Å². The van der Waals surface area contributed by atoms with Crippen LogP contribution in [0.25, 0.3) is 0 Å². The first kappa shape index (κ1) is 30.8. The number of nitrogens with one attached hydrogen (secondary N) is 1. The maximum atomic E-state index is 10.7. The van der Waals surface area contributed by atoms with Crippen LogP contribution in [0.5, 0.6) is 28.7 Å². The number of aromatic hydroxyl groups is 2. The van der Waals surface area contributed by atoms with E-state index < -0.39 is 12.9 Å². The Morgan fingerprint density at radius 1 is 0.897 bits per heavy atom. The molecule has 5 N–H and O–H groups in total. The highest BCUT2D eigenvalue weighted by molar-refractivity contribution is 5.52. The van der Waals surface area contributed by atoms with Crippen LogP contribution in [0.1, 0.15) is 56.1 Å². The van der Waals surface area contributed by atoms with Crippen molar-refractivity contribution in [3.05, 3.63) is 41.5 Å². The molecule has 1 fully saturated rings. The minimum absolute atomic E-state index is 0.0552. The lowest BCUT2D eigenvalue weighted by Gasteiger charge is -2.29. The Hall–Kier alpha value is -2.72. The lowest BCUT2D eigenvalue weighted by molar-refractivity contribution is -0.0690. The molecule has 1 aliphatic rings. The molecule has 1 saturated carbocycles. The zero-order valence-corrected chi connectivity index (χ0v) is 23.4. The molecule has 9 nitrogen and oxygen atoms in total. The highest BCUT2D eigenvalue weighted by Gasteiger charge is 2.23. The average Bonchev–Trinajstić information content (AvgIpc) is 2.94. The first-order valence-electron chi connectivity index (χ1n) is 13.8. The van der Waals surface area contributed by atoms with Crippen LogP contribution >= 0.6 is 0 Å². The van der Waals surface area contributed by atoms with E-state index in [-0.39, 0.29) is 23.7 Å². The number of rotatable bonds is 16. The third-order valence-corrected chi connectivity index (χ3v) is 7.51. The van der Waals surface area contributed by atoms with Gasteiger partial charge in [0.15, 0.2) is 23.0 Å². The largest absolute Gasteiger partial charge is 0.504 e. The molecule has 2 unspecified atom stereocenters. The Morgan fingerprint density at radius 2 is 1.54 bits per heavy atom. The van der Waals surface area contributed by atoms with Crippen molar-refractivity contribution < 1.29 is 39.4 Å². The van der Waals surface area contributed by atoms with E-state index in [1.807, 2.05) is 19.2 Å². The molecular formula is C30H45NO8. The third kappa shape index (κ3) is 9.46. The fraction of sp³-hybridized carbons (Fsp3) is 0.600. The van der Waals surface area contributed by atoms with Crippen LogP contribution in [-0.4, -0.2) is 73.3 Å². The number of aryl methyl sites for hydroxylation is 2. The van der Waals surface area contributed by atoms with Gasteiger partial charge in [-0.2, -0.15) is 0 Å². The molecule has 0 bridgehead atoms. The molecule has 218 valence electrons. The van der Waals surface area contributed by atoms with Crippen molar-refractivity contribution in [3.8, 4) is 28.7 Å². The predicted octanol–water partition coefficient (Wildman–Crippen LogP) is 3.92. The van der Waals surface area contributed by atoms with Crippen LogP contribution in [0.4, 0.5) is 0 Å². The standard InChI is InChI=1S/C30H45NO8/c1-31-18-21-6-10-24(11-7-21)39-27-14-20(8-13-26(27)34)5-12-25(38-19-32)17-23(33)9-4-22-15-28(36-2)30(35)29(16-22)37-3/h8,13-16,21,23-25,31-35H,4-7,9-12,17-19H2,1-3H3. The SMILES string of the molecule is CNCC1CCC(Oc2cc(CCC(CC(O)CCc3cc(OC)c(O)c(OC)c3)OCO)ccc2O)CC1. The smallest absolute Gasteiger partial charge is 0.200 e. The minimum atomic E-state index is -0.649. The van der Waals surface area contributed by atoms with E-state index in [9.17, 15) is 20.4 Å². The quantitative estimate of drug-likeness (QED) is 0.199. The van der Waals surface area contributed by atoms with Crippen LogP contribution in [0.15, 0.2) is 30.3 Å². The number of phenolic OH excluding ortho intramolecular Hbond substituents is 2. The normalized spacial score (nSPS) is 18.9. The third-order valence-electron chi connectivity index (χ3n) is 7.51. The van der Waals surface area contributed by atoms with E-state index in [1.54, 1.807) is 18.2 Å².